The SMILES string of the molecule is O=C1CC(C(=O)N2CCN(S(=O)(=O)c3cccs3)CC2)CN1Cc1ccccc1. The molecule has 0 saturated carbocycles. The number of nitrogens with zero attached hydrogens (tertiary/aromatic N) is 3. The Morgan fingerprint density at radius 3 is 2.41 bits per heavy atom. The monoisotopic (exact) mass is 433 g/mol. The quantitative estimate of drug-likeness (QED) is 0.718. The van der Waals surface area contributed by atoms with Crippen molar-refractivity contribution in [3.8, 4) is 0 Å². The van der Waals surface area contributed by atoms with Gasteiger partial charge in [0.2, 0.25) is 11.8 Å². The number of likely N-dealkylation sites (tertiary alicyclic amines) is 1. The van der Waals surface area contributed by atoms with Crippen LogP contribution in [0.5, 0.6) is 0 Å². The summed E-state index contributed by atoms with van der Waals surface area (Å²) < 4.78 is 27.0. The van der Waals surface area contributed by atoms with E-state index in [1.807, 2.05) is 30.3 Å². The van der Waals surface area contributed by atoms with Crippen LogP contribution in [0.15, 0.2) is 52.1 Å². The fourth-order valence-corrected chi connectivity index (χ4v) is 6.41. The maximum atomic E-state index is 12.9. The van der Waals surface area contributed by atoms with Gasteiger partial charge in [0.05, 0.1) is 5.92 Å². The third-order valence-corrected chi connectivity index (χ3v) is 8.69. The molecule has 1 aromatic carbocycles. The summed E-state index contributed by atoms with van der Waals surface area (Å²) in [5.41, 5.74) is 1.04. The number of carbonyl (C=O) groups excluding carboxylic acids is 2. The topological polar surface area (TPSA) is 78.0 Å². The van der Waals surface area contributed by atoms with Gasteiger partial charge in [-0.2, -0.15) is 4.31 Å². The van der Waals surface area contributed by atoms with Crippen molar-refractivity contribution in [2.24, 2.45) is 5.92 Å². The molecule has 2 aromatic rings. The average molecular weight is 434 g/mol. The van der Waals surface area contributed by atoms with E-state index in [2.05, 4.69) is 0 Å². The Kier molecular flexibility index (Phi) is 5.71. The van der Waals surface area contributed by atoms with E-state index in [0.29, 0.717) is 30.4 Å². The summed E-state index contributed by atoms with van der Waals surface area (Å²) in [5.74, 6) is -0.417. The van der Waals surface area contributed by atoms with Gasteiger partial charge >= 0.3 is 0 Å². The van der Waals surface area contributed by atoms with Crippen molar-refractivity contribution < 1.29 is 18.0 Å². The zero-order chi connectivity index (χ0) is 20.4. The van der Waals surface area contributed by atoms with Crippen molar-refractivity contribution in [1.82, 2.24) is 14.1 Å². The highest BCUT2D eigenvalue weighted by atomic mass is 32.2. The molecule has 9 heteroatoms. The number of carbonyl (C=O) groups is 2. The molecule has 2 amide bonds. The highest BCUT2D eigenvalue weighted by Gasteiger charge is 2.38. The molecule has 1 atom stereocenters. The molecule has 0 N–H and O–H groups in total. The molecule has 2 fully saturated rings. The number of amides is 2. The van der Waals surface area contributed by atoms with Crippen molar-refractivity contribution >= 4 is 33.2 Å². The molecule has 0 aliphatic carbocycles. The Labute approximate surface area is 174 Å². The number of hydrogen-bond acceptors (Lipinski definition) is 5. The van der Waals surface area contributed by atoms with Crippen molar-refractivity contribution in [1.29, 1.82) is 0 Å². The molecule has 0 radical (unpaired) electrons. The van der Waals surface area contributed by atoms with E-state index in [4.69, 9.17) is 0 Å². The molecule has 29 heavy (non-hydrogen) atoms. The zero-order valence-electron chi connectivity index (χ0n) is 15.9. The number of piperazine rings is 1. The minimum absolute atomic E-state index is 0.00823. The Hall–Kier alpha value is -2.23. The minimum atomic E-state index is -3.49. The summed E-state index contributed by atoms with van der Waals surface area (Å²) >= 11 is 1.20. The lowest BCUT2D eigenvalue weighted by molar-refractivity contribution is -0.137. The van der Waals surface area contributed by atoms with Crippen LogP contribution in [0.1, 0.15) is 12.0 Å². The standard InChI is InChI=1S/C20H23N3O4S2/c24-18-13-17(15-22(18)14-16-5-2-1-3-6-16)20(25)21-8-10-23(11-9-21)29(26,27)19-7-4-12-28-19/h1-7,12,17H,8-11,13-15H2. The van der Waals surface area contributed by atoms with Crippen LogP contribution in [0.2, 0.25) is 0 Å². The Balaban J connectivity index is 1.34. The predicted molar refractivity (Wildman–Crippen MR) is 110 cm³/mol. The molecule has 0 spiro atoms. The third-order valence-electron chi connectivity index (χ3n) is 5.42. The molecule has 2 aliphatic heterocycles. The van der Waals surface area contributed by atoms with E-state index in [0.717, 1.165) is 5.56 Å². The maximum absolute atomic E-state index is 12.9. The maximum Gasteiger partial charge on any atom is 0.252 e. The second kappa shape index (κ2) is 8.25. The van der Waals surface area contributed by atoms with Crippen LogP contribution in [-0.4, -0.2) is 67.1 Å². The van der Waals surface area contributed by atoms with Crippen molar-refractivity contribution in [3.63, 3.8) is 0 Å². The Bertz CT molecular complexity index is 968. The van der Waals surface area contributed by atoms with E-state index < -0.39 is 10.0 Å². The number of benzene rings is 1. The van der Waals surface area contributed by atoms with Gasteiger partial charge in [-0.1, -0.05) is 36.4 Å². The summed E-state index contributed by atoms with van der Waals surface area (Å²) in [6.07, 6.45) is 0.222. The summed E-state index contributed by atoms with van der Waals surface area (Å²) in [4.78, 5) is 28.7. The molecule has 3 heterocycles. The largest absolute Gasteiger partial charge is 0.340 e. The third kappa shape index (κ3) is 4.22. The molecule has 1 unspecified atom stereocenters. The molecule has 1 aromatic heterocycles. The molecule has 0 bridgehead atoms. The Morgan fingerprint density at radius 2 is 1.76 bits per heavy atom. The number of sulfonamides is 1. The first-order chi connectivity index (χ1) is 13.9. The van der Waals surface area contributed by atoms with Gasteiger partial charge in [0, 0.05) is 45.7 Å². The summed E-state index contributed by atoms with van der Waals surface area (Å²) in [7, 11) is -3.49. The van der Waals surface area contributed by atoms with Crippen LogP contribution in [0, 0.1) is 5.92 Å². The zero-order valence-corrected chi connectivity index (χ0v) is 17.6. The van der Waals surface area contributed by atoms with Gasteiger partial charge < -0.3 is 9.80 Å². The lowest BCUT2D eigenvalue weighted by Crippen LogP contribution is -2.52. The lowest BCUT2D eigenvalue weighted by atomic mass is 10.1. The average Bonchev–Trinajstić information content (AvgIpc) is 3.39. The first-order valence-electron chi connectivity index (χ1n) is 9.59. The molecular weight excluding hydrogens is 410 g/mol. The van der Waals surface area contributed by atoms with E-state index in [9.17, 15) is 18.0 Å². The van der Waals surface area contributed by atoms with E-state index >= 15 is 0 Å². The lowest BCUT2D eigenvalue weighted by Gasteiger charge is -2.34. The van der Waals surface area contributed by atoms with Gasteiger partial charge in [-0.15, -0.1) is 11.3 Å². The first kappa shape index (κ1) is 20.1. The molecule has 2 saturated heterocycles. The fourth-order valence-electron chi connectivity index (χ4n) is 3.84. The van der Waals surface area contributed by atoms with Crippen LogP contribution in [0.4, 0.5) is 0 Å². The van der Waals surface area contributed by atoms with Crippen molar-refractivity contribution in [3.05, 3.63) is 53.4 Å². The van der Waals surface area contributed by atoms with Gasteiger partial charge in [-0.25, -0.2) is 8.42 Å². The van der Waals surface area contributed by atoms with Gasteiger partial charge in [-0.05, 0) is 17.0 Å². The minimum Gasteiger partial charge on any atom is -0.340 e. The van der Waals surface area contributed by atoms with Gasteiger partial charge in [0.25, 0.3) is 10.0 Å². The summed E-state index contributed by atoms with van der Waals surface area (Å²) in [6, 6.07) is 13.0. The summed E-state index contributed by atoms with van der Waals surface area (Å²) in [5, 5.41) is 1.74. The van der Waals surface area contributed by atoms with Crippen molar-refractivity contribution in [2.45, 2.75) is 17.2 Å². The molecular formula is C20H23N3O4S2. The molecule has 2 aliphatic rings. The number of rotatable bonds is 5. The fraction of sp³-hybridized carbons (Fsp3) is 0.400. The van der Waals surface area contributed by atoms with Crippen LogP contribution >= 0.6 is 11.3 Å². The van der Waals surface area contributed by atoms with Gasteiger partial charge in [-0.3, -0.25) is 9.59 Å². The van der Waals surface area contributed by atoms with Crippen LogP contribution in [-0.2, 0) is 26.2 Å². The normalized spacial score (nSPS) is 21.0. The molecule has 4 rings (SSSR count). The van der Waals surface area contributed by atoms with Crippen LogP contribution < -0.4 is 0 Å². The first-order valence-corrected chi connectivity index (χ1v) is 11.9. The highest BCUT2D eigenvalue weighted by Crippen LogP contribution is 2.25. The van der Waals surface area contributed by atoms with Gasteiger partial charge in [0.15, 0.2) is 0 Å². The smallest absolute Gasteiger partial charge is 0.252 e. The second-order valence-electron chi connectivity index (χ2n) is 7.32. The van der Waals surface area contributed by atoms with Crippen LogP contribution in [0.25, 0.3) is 0 Å². The predicted octanol–water partition coefficient (Wildman–Crippen LogP) is 1.63. The molecule has 154 valence electrons. The van der Waals surface area contributed by atoms with E-state index in [1.54, 1.807) is 27.3 Å². The van der Waals surface area contributed by atoms with E-state index in [1.165, 1.54) is 15.6 Å². The molecule has 7 nitrogen and oxygen atoms in total. The number of thiophene rings is 1. The number of hydrogen-bond donors (Lipinski definition) is 0. The summed E-state index contributed by atoms with van der Waals surface area (Å²) in [6.45, 7) is 2.19. The van der Waals surface area contributed by atoms with Crippen molar-refractivity contribution in [2.75, 3.05) is 32.7 Å². The second-order valence-corrected chi connectivity index (χ2v) is 10.4. The van der Waals surface area contributed by atoms with E-state index in [-0.39, 0.29) is 37.2 Å². The van der Waals surface area contributed by atoms with Crippen LogP contribution in [0.3, 0.4) is 0 Å². The Morgan fingerprint density at radius 1 is 1.03 bits per heavy atom. The van der Waals surface area contributed by atoms with Gasteiger partial charge in [0.1, 0.15) is 4.21 Å². The highest BCUT2D eigenvalue weighted by molar-refractivity contribution is 7.91.